The van der Waals surface area contributed by atoms with Gasteiger partial charge in [-0.3, -0.25) is 9.59 Å². The van der Waals surface area contributed by atoms with E-state index in [1.165, 1.54) is 4.90 Å². The minimum atomic E-state index is -0.124. The lowest BCUT2D eigenvalue weighted by Gasteiger charge is -2.14. The number of ether oxygens (including phenoxy) is 2. The van der Waals surface area contributed by atoms with E-state index in [1.807, 2.05) is 12.1 Å². The van der Waals surface area contributed by atoms with Crippen LogP contribution in [0.4, 0.5) is 0 Å². The second-order valence-electron chi connectivity index (χ2n) is 6.74. The summed E-state index contributed by atoms with van der Waals surface area (Å²) in [6.07, 6.45) is 2.63. The third kappa shape index (κ3) is 6.22. The molecule has 1 unspecified atom stereocenters. The van der Waals surface area contributed by atoms with Crippen LogP contribution in [0, 0.1) is 5.92 Å². The Hall–Kier alpha value is -2.28. The van der Waals surface area contributed by atoms with E-state index in [2.05, 4.69) is 10.6 Å². The molecule has 0 bridgehead atoms. The van der Waals surface area contributed by atoms with Crippen LogP contribution in [0.25, 0.3) is 0 Å². The summed E-state index contributed by atoms with van der Waals surface area (Å²) in [5.74, 6) is 1.60. The lowest BCUT2D eigenvalue weighted by molar-refractivity contribution is -0.130. The predicted octanol–water partition coefficient (Wildman–Crippen LogP) is 1.17. The molecule has 1 aromatic carbocycles. The molecule has 1 heterocycles. The molecule has 2 N–H and O–H groups in total. The number of carbonyl (C=O) groups excluding carboxylic acids is 2. The quantitative estimate of drug-likeness (QED) is 0.688. The molecule has 7 heteroatoms. The molecule has 0 spiro atoms. The third-order valence-electron chi connectivity index (χ3n) is 4.51. The van der Waals surface area contributed by atoms with Crippen LogP contribution in [0.2, 0.25) is 0 Å². The fraction of sp³-hybridized carbons (Fsp3) is 0.579. The Morgan fingerprint density at radius 3 is 2.77 bits per heavy atom. The Kier molecular flexibility index (Phi) is 7.72. The van der Waals surface area contributed by atoms with Crippen LogP contribution in [0.5, 0.6) is 11.5 Å². The first-order valence-corrected chi connectivity index (χ1v) is 8.97. The van der Waals surface area contributed by atoms with Crippen molar-refractivity contribution in [2.75, 3.05) is 40.9 Å². The monoisotopic (exact) mass is 363 g/mol. The first-order chi connectivity index (χ1) is 12.5. The summed E-state index contributed by atoms with van der Waals surface area (Å²) in [7, 11) is 4.91. The van der Waals surface area contributed by atoms with E-state index < -0.39 is 0 Å². The topological polar surface area (TPSA) is 79.9 Å². The molecule has 1 atom stereocenters. The van der Waals surface area contributed by atoms with Crippen LogP contribution in [-0.4, -0.2) is 57.6 Å². The standard InChI is InChI=1S/C19H29N3O4/c1-22(2)19(24)13-26-16-6-4-15(10-17(16)25-3)12-21-18(23)7-5-14-8-9-20-11-14/h4,6,10,14,20H,5,7-9,11-13H2,1-3H3,(H,21,23). The normalized spacial score (nSPS) is 16.2. The van der Waals surface area contributed by atoms with Gasteiger partial charge < -0.3 is 25.0 Å². The predicted molar refractivity (Wildman–Crippen MR) is 99.2 cm³/mol. The molecule has 1 aliphatic heterocycles. The highest BCUT2D eigenvalue weighted by molar-refractivity contribution is 5.77. The Morgan fingerprint density at radius 2 is 2.12 bits per heavy atom. The highest BCUT2D eigenvalue weighted by Crippen LogP contribution is 2.28. The van der Waals surface area contributed by atoms with Crippen LogP contribution in [0.1, 0.15) is 24.8 Å². The van der Waals surface area contributed by atoms with Crippen molar-refractivity contribution in [1.82, 2.24) is 15.5 Å². The van der Waals surface area contributed by atoms with Crippen molar-refractivity contribution in [2.24, 2.45) is 5.92 Å². The van der Waals surface area contributed by atoms with Crippen LogP contribution in [0.15, 0.2) is 18.2 Å². The van der Waals surface area contributed by atoms with Crippen LogP contribution in [-0.2, 0) is 16.1 Å². The molecular weight excluding hydrogens is 334 g/mol. The minimum absolute atomic E-state index is 0.0462. The average molecular weight is 363 g/mol. The van der Waals surface area contributed by atoms with Crippen molar-refractivity contribution in [3.05, 3.63) is 23.8 Å². The fourth-order valence-electron chi connectivity index (χ4n) is 2.79. The van der Waals surface area contributed by atoms with Crippen molar-refractivity contribution in [2.45, 2.75) is 25.8 Å². The van der Waals surface area contributed by atoms with E-state index >= 15 is 0 Å². The number of nitrogens with zero attached hydrogens (tertiary/aromatic N) is 1. The second-order valence-corrected chi connectivity index (χ2v) is 6.74. The molecule has 1 fully saturated rings. The molecular formula is C19H29N3O4. The second kappa shape index (κ2) is 10.0. The van der Waals surface area contributed by atoms with Gasteiger partial charge in [-0.1, -0.05) is 6.07 Å². The zero-order chi connectivity index (χ0) is 18.9. The number of hydrogen-bond donors (Lipinski definition) is 2. The maximum Gasteiger partial charge on any atom is 0.259 e. The van der Waals surface area contributed by atoms with Gasteiger partial charge in [0.05, 0.1) is 7.11 Å². The molecule has 1 aliphatic rings. The van der Waals surface area contributed by atoms with Crippen molar-refractivity contribution in [3.8, 4) is 11.5 Å². The number of amides is 2. The van der Waals surface area contributed by atoms with Gasteiger partial charge in [0.15, 0.2) is 18.1 Å². The van der Waals surface area contributed by atoms with E-state index in [9.17, 15) is 9.59 Å². The molecule has 26 heavy (non-hydrogen) atoms. The molecule has 1 saturated heterocycles. The molecule has 2 amide bonds. The van der Waals surface area contributed by atoms with Crippen molar-refractivity contribution in [3.63, 3.8) is 0 Å². The van der Waals surface area contributed by atoms with Gasteiger partial charge in [-0.25, -0.2) is 0 Å². The number of methoxy groups -OCH3 is 1. The zero-order valence-electron chi connectivity index (χ0n) is 15.8. The number of carbonyl (C=O) groups is 2. The first kappa shape index (κ1) is 20.0. The van der Waals surface area contributed by atoms with Gasteiger partial charge in [-0.05, 0) is 49.5 Å². The lowest BCUT2D eigenvalue weighted by atomic mass is 10.0. The maximum absolute atomic E-state index is 12.0. The molecule has 0 aliphatic carbocycles. The number of likely N-dealkylation sites (N-methyl/N-ethyl adjacent to an activating group) is 1. The summed E-state index contributed by atoms with van der Waals surface area (Å²) in [6, 6.07) is 5.43. The lowest BCUT2D eigenvalue weighted by Crippen LogP contribution is -2.27. The maximum atomic E-state index is 12.0. The summed E-state index contributed by atoms with van der Waals surface area (Å²) in [4.78, 5) is 25.1. The van der Waals surface area contributed by atoms with Gasteiger partial charge in [0, 0.05) is 27.1 Å². The summed E-state index contributed by atoms with van der Waals surface area (Å²) < 4.78 is 10.8. The smallest absolute Gasteiger partial charge is 0.259 e. The summed E-state index contributed by atoms with van der Waals surface area (Å²) in [5.41, 5.74) is 0.920. The van der Waals surface area contributed by atoms with Crippen LogP contribution < -0.4 is 20.1 Å². The van der Waals surface area contributed by atoms with Gasteiger partial charge in [0.2, 0.25) is 5.91 Å². The van der Waals surface area contributed by atoms with E-state index in [1.54, 1.807) is 27.3 Å². The third-order valence-corrected chi connectivity index (χ3v) is 4.51. The molecule has 2 rings (SSSR count). The average Bonchev–Trinajstić information content (AvgIpc) is 3.16. The minimum Gasteiger partial charge on any atom is -0.493 e. The van der Waals surface area contributed by atoms with Crippen molar-refractivity contribution < 1.29 is 19.1 Å². The number of rotatable bonds is 9. The number of benzene rings is 1. The van der Waals surface area contributed by atoms with E-state index in [-0.39, 0.29) is 18.4 Å². The zero-order valence-corrected chi connectivity index (χ0v) is 15.8. The molecule has 0 radical (unpaired) electrons. The number of nitrogens with one attached hydrogen (secondary N) is 2. The van der Waals surface area contributed by atoms with Crippen molar-refractivity contribution >= 4 is 11.8 Å². The van der Waals surface area contributed by atoms with Gasteiger partial charge in [-0.15, -0.1) is 0 Å². The van der Waals surface area contributed by atoms with E-state index in [0.717, 1.165) is 31.5 Å². The Labute approximate surface area is 155 Å². The first-order valence-electron chi connectivity index (χ1n) is 8.97. The van der Waals surface area contributed by atoms with Gasteiger partial charge >= 0.3 is 0 Å². The van der Waals surface area contributed by atoms with Crippen LogP contribution >= 0.6 is 0 Å². The van der Waals surface area contributed by atoms with E-state index in [4.69, 9.17) is 9.47 Å². The summed E-state index contributed by atoms with van der Waals surface area (Å²) >= 11 is 0. The Bertz CT molecular complexity index is 613. The van der Waals surface area contributed by atoms with E-state index in [0.29, 0.717) is 30.4 Å². The Morgan fingerprint density at radius 1 is 1.31 bits per heavy atom. The molecule has 1 aromatic rings. The van der Waals surface area contributed by atoms with Gasteiger partial charge in [-0.2, -0.15) is 0 Å². The SMILES string of the molecule is COc1cc(CNC(=O)CCC2CCNC2)ccc1OCC(=O)N(C)C. The fourth-order valence-corrected chi connectivity index (χ4v) is 2.79. The summed E-state index contributed by atoms with van der Waals surface area (Å²) in [6.45, 7) is 2.47. The van der Waals surface area contributed by atoms with Crippen molar-refractivity contribution in [1.29, 1.82) is 0 Å². The van der Waals surface area contributed by atoms with Gasteiger partial charge in [0.1, 0.15) is 0 Å². The molecule has 144 valence electrons. The highest BCUT2D eigenvalue weighted by atomic mass is 16.5. The summed E-state index contributed by atoms with van der Waals surface area (Å²) in [5, 5.41) is 6.26. The Balaban J connectivity index is 1.81. The molecule has 0 aromatic heterocycles. The molecule has 0 saturated carbocycles. The molecule has 7 nitrogen and oxygen atoms in total. The largest absolute Gasteiger partial charge is 0.493 e. The highest BCUT2D eigenvalue weighted by Gasteiger charge is 2.16. The van der Waals surface area contributed by atoms with Gasteiger partial charge in [0.25, 0.3) is 5.91 Å². The number of hydrogen-bond acceptors (Lipinski definition) is 5. The van der Waals surface area contributed by atoms with Crippen LogP contribution in [0.3, 0.4) is 0 Å².